The predicted octanol–water partition coefficient (Wildman–Crippen LogP) is 5.69. The number of aryl methyl sites for hydroxylation is 1. The van der Waals surface area contributed by atoms with E-state index in [2.05, 4.69) is 36.4 Å². The van der Waals surface area contributed by atoms with E-state index in [9.17, 15) is 0 Å². The fraction of sp³-hybridized carbons (Fsp3) is 0.682. The zero-order valence-electron chi connectivity index (χ0n) is 16.5. The van der Waals surface area contributed by atoms with E-state index in [1.54, 1.807) is 0 Å². The van der Waals surface area contributed by atoms with Crippen molar-refractivity contribution < 1.29 is 0 Å². The molecule has 4 heteroatoms. The van der Waals surface area contributed by atoms with Gasteiger partial charge in [0, 0.05) is 29.4 Å². The maximum Gasteiger partial charge on any atom is 0.166 e. The molecule has 2 saturated carbocycles. The SMILES string of the molecule is Cc1ncccc1-c1nnc(C2CCCCC2)n1C1C(C)CCCC1C. The highest BCUT2D eigenvalue weighted by Crippen LogP contribution is 2.43. The predicted molar refractivity (Wildman–Crippen MR) is 105 cm³/mol. The highest BCUT2D eigenvalue weighted by atomic mass is 15.3. The molecule has 4 rings (SSSR count). The lowest BCUT2D eigenvalue weighted by molar-refractivity contribution is 0.178. The van der Waals surface area contributed by atoms with E-state index < -0.39 is 0 Å². The van der Waals surface area contributed by atoms with Gasteiger partial charge in [0.25, 0.3) is 0 Å². The van der Waals surface area contributed by atoms with E-state index >= 15 is 0 Å². The minimum atomic E-state index is 0.505. The lowest BCUT2D eigenvalue weighted by atomic mass is 9.78. The van der Waals surface area contributed by atoms with E-state index in [1.807, 2.05) is 12.3 Å². The molecule has 0 aliphatic heterocycles. The van der Waals surface area contributed by atoms with Crippen molar-refractivity contribution in [2.45, 2.75) is 84.1 Å². The maximum absolute atomic E-state index is 4.79. The van der Waals surface area contributed by atoms with Crippen LogP contribution in [0.1, 0.15) is 88.7 Å². The van der Waals surface area contributed by atoms with Gasteiger partial charge in [-0.1, -0.05) is 39.5 Å². The Bertz CT molecular complexity index is 734. The van der Waals surface area contributed by atoms with E-state index in [0.717, 1.165) is 17.1 Å². The molecule has 26 heavy (non-hydrogen) atoms. The van der Waals surface area contributed by atoms with Crippen LogP contribution in [0.15, 0.2) is 18.3 Å². The second kappa shape index (κ2) is 7.50. The van der Waals surface area contributed by atoms with Gasteiger partial charge < -0.3 is 4.57 Å². The molecule has 2 unspecified atom stereocenters. The molecule has 0 N–H and O–H groups in total. The van der Waals surface area contributed by atoms with Gasteiger partial charge in [-0.05, 0) is 56.6 Å². The Morgan fingerprint density at radius 2 is 1.65 bits per heavy atom. The first-order chi connectivity index (χ1) is 12.7. The minimum absolute atomic E-state index is 0.505. The summed E-state index contributed by atoms with van der Waals surface area (Å²) in [6, 6.07) is 4.69. The van der Waals surface area contributed by atoms with Crippen molar-refractivity contribution in [3.05, 3.63) is 29.8 Å². The largest absolute Gasteiger partial charge is 0.307 e. The van der Waals surface area contributed by atoms with Crippen LogP contribution < -0.4 is 0 Å². The quantitative estimate of drug-likeness (QED) is 0.712. The zero-order chi connectivity index (χ0) is 18.1. The normalized spacial score (nSPS) is 27.6. The fourth-order valence-corrected chi connectivity index (χ4v) is 5.31. The summed E-state index contributed by atoms with van der Waals surface area (Å²) >= 11 is 0. The van der Waals surface area contributed by atoms with Crippen LogP contribution in [-0.2, 0) is 0 Å². The lowest BCUT2D eigenvalue weighted by Gasteiger charge is -2.38. The standard InChI is InChI=1S/C22H32N4/c1-15-9-7-10-16(2)20(15)26-21(18-11-5-4-6-12-18)24-25-22(26)19-13-8-14-23-17(19)3/h8,13-16,18,20H,4-7,9-12H2,1-3H3. The van der Waals surface area contributed by atoms with E-state index in [4.69, 9.17) is 10.2 Å². The van der Waals surface area contributed by atoms with Gasteiger partial charge in [-0.15, -0.1) is 10.2 Å². The van der Waals surface area contributed by atoms with Gasteiger partial charge in [0.2, 0.25) is 0 Å². The zero-order valence-corrected chi connectivity index (χ0v) is 16.5. The molecule has 2 fully saturated rings. The first-order valence-corrected chi connectivity index (χ1v) is 10.5. The summed E-state index contributed by atoms with van der Waals surface area (Å²) in [5.41, 5.74) is 2.19. The highest BCUT2D eigenvalue weighted by Gasteiger charge is 2.35. The van der Waals surface area contributed by atoms with Gasteiger partial charge in [0.1, 0.15) is 5.82 Å². The molecule has 2 heterocycles. The van der Waals surface area contributed by atoms with Crippen LogP contribution in [-0.4, -0.2) is 19.7 Å². The van der Waals surface area contributed by atoms with Gasteiger partial charge in [0.15, 0.2) is 5.82 Å². The summed E-state index contributed by atoms with van der Waals surface area (Å²) in [5.74, 6) is 4.21. The number of hydrogen-bond donors (Lipinski definition) is 0. The van der Waals surface area contributed by atoms with Crippen LogP contribution in [0.25, 0.3) is 11.4 Å². The van der Waals surface area contributed by atoms with Gasteiger partial charge in [-0.3, -0.25) is 4.98 Å². The van der Waals surface area contributed by atoms with E-state index in [-0.39, 0.29) is 0 Å². The fourth-order valence-electron chi connectivity index (χ4n) is 5.31. The Morgan fingerprint density at radius 1 is 0.923 bits per heavy atom. The van der Waals surface area contributed by atoms with Gasteiger partial charge in [-0.25, -0.2) is 0 Å². The monoisotopic (exact) mass is 352 g/mol. The van der Waals surface area contributed by atoms with Crippen LogP contribution in [0.2, 0.25) is 0 Å². The molecule has 0 bridgehead atoms. The molecule has 0 saturated heterocycles. The van der Waals surface area contributed by atoms with Crippen LogP contribution in [0, 0.1) is 18.8 Å². The van der Waals surface area contributed by atoms with Crippen molar-refractivity contribution in [1.29, 1.82) is 0 Å². The Labute approximate surface area is 157 Å². The van der Waals surface area contributed by atoms with Crippen molar-refractivity contribution >= 4 is 0 Å². The average Bonchev–Trinajstić information content (AvgIpc) is 3.07. The van der Waals surface area contributed by atoms with Crippen molar-refractivity contribution in [2.75, 3.05) is 0 Å². The molecular formula is C22H32N4. The number of rotatable bonds is 3. The third kappa shape index (κ3) is 3.19. The Hall–Kier alpha value is -1.71. The molecule has 0 amide bonds. The van der Waals surface area contributed by atoms with Crippen LogP contribution in [0.4, 0.5) is 0 Å². The second-order valence-electron chi connectivity index (χ2n) is 8.60. The van der Waals surface area contributed by atoms with E-state index in [0.29, 0.717) is 23.8 Å². The number of aromatic nitrogens is 4. The minimum Gasteiger partial charge on any atom is -0.307 e. The Balaban J connectivity index is 1.84. The molecule has 0 spiro atoms. The van der Waals surface area contributed by atoms with Crippen molar-refractivity contribution in [3.8, 4) is 11.4 Å². The number of pyridine rings is 1. The van der Waals surface area contributed by atoms with Gasteiger partial charge >= 0.3 is 0 Å². The molecule has 0 radical (unpaired) electrons. The molecule has 2 aliphatic carbocycles. The molecule has 2 aromatic rings. The highest BCUT2D eigenvalue weighted by molar-refractivity contribution is 5.58. The number of hydrogen-bond acceptors (Lipinski definition) is 3. The molecular weight excluding hydrogens is 320 g/mol. The maximum atomic E-state index is 4.79. The number of nitrogens with zero attached hydrogens (tertiary/aromatic N) is 4. The van der Waals surface area contributed by atoms with Gasteiger partial charge in [0.05, 0.1) is 0 Å². The van der Waals surface area contributed by atoms with E-state index in [1.165, 1.54) is 57.2 Å². The van der Waals surface area contributed by atoms with Gasteiger partial charge in [-0.2, -0.15) is 0 Å². The third-order valence-corrected chi connectivity index (χ3v) is 6.72. The summed E-state index contributed by atoms with van der Waals surface area (Å²) < 4.78 is 2.55. The molecule has 0 aromatic carbocycles. The van der Waals surface area contributed by atoms with Crippen LogP contribution in [0.3, 0.4) is 0 Å². The van der Waals surface area contributed by atoms with Crippen LogP contribution >= 0.6 is 0 Å². The summed E-state index contributed by atoms with van der Waals surface area (Å²) in [7, 11) is 0. The first kappa shape index (κ1) is 17.7. The smallest absolute Gasteiger partial charge is 0.166 e. The molecule has 2 aliphatic rings. The Kier molecular flexibility index (Phi) is 5.10. The molecule has 140 valence electrons. The summed E-state index contributed by atoms with van der Waals surface area (Å²) in [6.45, 7) is 6.93. The second-order valence-corrected chi connectivity index (χ2v) is 8.60. The molecule has 2 atom stereocenters. The third-order valence-electron chi connectivity index (χ3n) is 6.72. The average molecular weight is 353 g/mol. The molecule has 2 aromatic heterocycles. The van der Waals surface area contributed by atoms with Crippen molar-refractivity contribution in [1.82, 2.24) is 19.7 Å². The Morgan fingerprint density at radius 3 is 2.35 bits per heavy atom. The summed E-state index contributed by atoms with van der Waals surface area (Å²) in [5, 5.41) is 9.53. The lowest BCUT2D eigenvalue weighted by Crippen LogP contribution is -2.30. The van der Waals surface area contributed by atoms with Crippen LogP contribution in [0.5, 0.6) is 0 Å². The van der Waals surface area contributed by atoms with Crippen molar-refractivity contribution in [3.63, 3.8) is 0 Å². The summed E-state index contributed by atoms with van der Waals surface area (Å²) in [4.78, 5) is 4.52. The topological polar surface area (TPSA) is 43.6 Å². The molecule has 4 nitrogen and oxygen atoms in total. The summed E-state index contributed by atoms with van der Waals surface area (Å²) in [6.07, 6.45) is 12.4. The van der Waals surface area contributed by atoms with Crippen molar-refractivity contribution in [2.24, 2.45) is 11.8 Å². The first-order valence-electron chi connectivity index (χ1n) is 10.5.